The van der Waals surface area contributed by atoms with Crippen LogP contribution in [-0.2, 0) is 24.2 Å². The van der Waals surface area contributed by atoms with Gasteiger partial charge in [0.05, 0.1) is 11.1 Å². The molecule has 1 aliphatic heterocycles. The first kappa shape index (κ1) is 19.4. The summed E-state index contributed by atoms with van der Waals surface area (Å²) < 4.78 is 12.4. The first-order chi connectivity index (χ1) is 14.6. The van der Waals surface area contributed by atoms with Crippen LogP contribution in [-0.4, -0.2) is 28.0 Å². The monoisotopic (exact) mass is 443 g/mol. The Labute approximate surface area is 181 Å². The minimum Gasteiger partial charge on any atom is -0.454 e. The highest BCUT2D eigenvalue weighted by Crippen LogP contribution is 2.36. The number of fused-ring (bicyclic) bond motifs is 4. The number of aromatic nitrogens is 2. The molecule has 0 unspecified atom stereocenters. The van der Waals surface area contributed by atoms with Gasteiger partial charge in [-0.2, -0.15) is 0 Å². The Balaban J connectivity index is 1.36. The maximum atomic E-state index is 13.2. The van der Waals surface area contributed by atoms with Crippen molar-refractivity contribution in [2.75, 3.05) is 17.9 Å². The minimum atomic E-state index is -0.162. The Morgan fingerprint density at radius 2 is 2.17 bits per heavy atom. The standard InChI is InChI=1S/C21H21N3O4S2/c1-2-8-24-20(26)18-13-4-3-5-16(13)30-19(18)23-21(24)29-10-17(25)22-12-6-7-14-15(9-12)28-11-27-14/h6-7,9H,2-5,8,10-11H2,1H3,(H,22,25). The topological polar surface area (TPSA) is 82.5 Å². The van der Waals surface area contributed by atoms with Crippen LogP contribution in [0, 0.1) is 0 Å². The predicted molar refractivity (Wildman–Crippen MR) is 118 cm³/mol. The summed E-state index contributed by atoms with van der Waals surface area (Å²) in [6.45, 7) is 2.83. The number of carbonyl (C=O) groups is 1. The molecule has 1 aliphatic carbocycles. The van der Waals surface area contributed by atoms with Crippen molar-refractivity contribution in [3.63, 3.8) is 0 Å². The average molecular weight is 444 g/mol. The second kappa shape index (κ2) is 7.96. The van der Waals surface area contributed by atoms with Gasteiger partial charge in [0.15, 0.2) is 16.7 Å². The quantitative estimate of drug-likeness (QED) is 0.461. The van der Waals surface area contributed by atoms with E-state index in [2.05, 4.69) is 5.32 Å². The molecular formula is C21H21N3O4S2. The number of aryl methyl sites for hydroxylation is 2. The second-order valence-corrected chi connectivity index (χ2v) is 9.32. The molecule has 0 saturated heterocycles. The third-order valence-electron chi connectivity index (χ3n) is 5.23. The number of benzene rings is 1. The summed E-state index contributed by atoms with van der Waals surface area (Å²) in [7, 11) is 0. The van der Waals surface area contributed by atoms with Crippen LogP contribution >= 0.6 is 23.1 Å². The number of ether oxygens (including phenoxy) is 2. The summed E-state index contributed by atoms with van der Waals surface area (Å²) in [5, 5.41) is 4.26. The van der Waals surface area contributed by atoms with E-state index < -0.39 is 0 Å². The van der Waals surface area contributed by atoms with Gasteiger partial charge in [0, 0.05) is 23.2 Å². The molecule has 1 aromatic carbocycles. The minimum absolute atomic E-state index is 0.0277. The maximum Gasteiger partial charge on any atom is 0.263 e. The molecule has 7 nitrogen and oxygen atoms in total. The third kappa shape index (κ3) is 3.45. The van der Waals surface area contributed by atoms with Crippen molar-refractivity contribution in [1.82, 2.24) is 9.55 Å². The van der Waals surface area contributed by atoms with E-state index in [1.165, 1.54) is 22.2 Å². The first-order valence-electron chi connectivity index (χ1n) is 10.0. The summed E-state index contributed by atoms with van der Waals surface area (Å²) in [6.07, 6.45) is 3.93. The summed E-state index contributed by atoms with van der Waals surface area (Å²) in [5.74, 6) is 1.30. The van der Waals surface area contributed by atoms with Gasteiger partial charge in [-0.15, -0.1) is 11.3 Å². The zero-order valence-electron chi connectivity index (χ0n) is 16.5. The molecular weight excluding hydrogens is 422 g/mol. The van der Waals surface area contributed by atoms with Gasteiger partial charge in [0.2, 0.25) is 12.7 Å². The average Bonchev–Trinajstić information content (AvgIpc) is 3.44. The Kier molecular flexibility index (Phi) is 5.16. The van der Waals surface area contributed by atoms with E-state index >= 15 is 0 Å². The van der Waals surface area contributed by atoms with Crippen molar-refractivity contribution in [1.29, 1.82) is 0 Å². The summed E-state index contributed by atoms with van der Waals surface area (Å²) in [6, 6.07) is 5.30. The largest absolute Gasteiger partial charge is 0.454 e. The Hall–Kier alpha value is -2.52. The van der Waals surface area contributed by atoms with Crippen LogP contribution in [0.4, 0.5) is 5.69 Å². The molecule has 0 bridgehead atoms. The van der Waals surface area contributed by atoms with Gasteiger partial charge in [0.25, 0.3) is 5.56 Å². The maximum absolute atomic E-state index is 13.2. The lowest BCUT2D eigenvalue weighted by Crippen LogP contribution is -2.24. The normalized spacial score (nSPS) is 14.3. The van der Waals surface area contributed by atoms with Crippen LogP contribution < -0.4 is 20.3 Å². The van der Waals surface area contributed by atoms with E-state index in [0.717, 1.165) is 35.9 Å². The molecule has 9 heteroatoms. The Bertz CT molecular complexity index is 1200. The van der Waals surface area contributed by atoms with E-state index in [0.29, 0.717) is 28.9 Å². The van der Waals surface area contributed by atoms with Crippen LogP contribution in [0.1, 0.15) is 30.2 Å². The van der Waals surface area contributed by atoms with Crippen LogP contribution in [0.25, 0.3) is 10.2 Å². The SMILES string of the molecule is CCCn1c(SCC(=O)Nc2ccc3c(c2)OCO3)nc2sc3c(c2c1=O)CCC3. The Morgan fingerprint density at radius 1 is 1.30 bits per heavy atom. The van der Waals surface area contributed by atoms with E-state index in [9.17, 15) is 9.59 Å². The number of rotatable bonds is 6. The number of carbonyl (C=O) groups excluding carboxylic acids is 1. The van der Waals surface area contributed by atoms with Crippen LogP contribution in [0.15, 0.2) is 28.2 Å². The van der Waals surface area contributed by atoms with E-state index in [1.807, 2.05) is 6.92 Å². The summed E-state index contributed by atoms with van der Waals surface area (Å²) in [4.78, 5) is 32.6. The van der Waals surface area contributed by atoms with Gasteiger partial charge in [-0.25, -0.2) is 4.98 Å². The van der Waals surface area contributed by atoms with E-state index in [1.54, 1.807) is 34.1 Å². The molecule has 3 heterocycles. The summed E-state index contributed by atoms with van der Waals surface area (Å²) in [5.41, 5.74) is 1.86. The number of amides is 1. The highest BCUT2D eigenvalue weighted by molar-refractivity contribution is 7.99. The molecule has 156 valence electrons. The number of nitrogens with one attached hydrogen (secondary N) is 1. The van der Waals surface area contributed by atoms with Gasteiger partial charge >= 0.3 is 0 Å². The van der Waals surface area contributed by atoms with Gasteiger partial charge < -0.3 is 14.8 Å². The third-order valence-corrected chi connectivity index (χ3v) is 7.39. The highest BCUT2D eigenvalue weighted by atomic mass is 32.2. The molecule has 1 N–H and O–H groups in total. The van der Waals surface area contributed by atoms with Crippen molar-refractivity contribution in [3.05, 3.63) is 39.0 Å². The highest BCUT2D eigenvalue weighted by Gasteiger charge is 2.23. The smallest absolute Gasteiger partial charge is 0.263 e. The van der Waals surface area contributed by atoms with Crippen molar-refractivity contribution in [2.24, 2.45) is 0 Å². The fraction of sp³-hybridized carbons (Fsp3) is 0.381. The van der Waals surface area contributed by atoms with Crippen molar-refractivity contribution < 1.29 is 14.3 Å². The van der Waals surface area contributed by atoms with Gasteiger partial charge in [-0.1, -0.05) is 18.7 Å². The van der Waals surface area contributed by atoms with Crippen LogP contribution in [0.2, 0.25) is 0 Å². The lowest BCUT2D eigenvalue weighted by atomic mass is 10.2. The van der Waals surface area contributed by atoms with Crippen LogP contribution in [0.3, 0.4) is 0 Å². The lowest BCUT2D eigenvalue weighted by Gasteiger charge is -2.11. The number of thioether (sulfide) groups is 1. The summed E-state index contributed by atoms with van der Waals surface area (Å²) >= 11 is 2.93. The van der Waals surface area contributed by atoms with E-state index in [4.69, 9.17) is 14.5 Å². The number of hydrogen-bond acceptors (Lipinski definition) is 7. The molecule has 1 amide bonds. The molecule has 0 spiro atoms. The first-order valence-corrected chi connectivity index (χ1v) is 11.8. The molecule has 0 fully saturated rings. The fourth-order valence-electron chi connectivity index (χ4n) is 3.89. The van der Waals surface area contributed by atoms with Crippen molar-refractivity contribution >= 4 is 44.9 Å². The molecule has 0 atom stereocenters. The predicted octanol–water partition coefficient (Wildman–Crippen LogP) is 3.82. The molecule has 0 radical (unpaired) electrons. The lowest BCUT2D eigenvalue weighted by molar-refractivity contribution is -0.113. The molecule has 0 saturated carbocycles. The molecule has 3 aromatic rings. The molecule has 2 aromatic heterocycles. The zero-order chi connectivity index (χ0) is 20.7. The fourth-order valence-corrected chi connectivity index (χ4v) is 6.02. The number of anilines is 1. The van der Waals surface area contributed by atoms with Crippen LogP contribution in [0.5, 0.6) is 11.5 Å². The van der Waals surface area contributed by atoms with E-state index in [-0.39, 0.29) is 24.0 Å². The molecule has 5 rings (SSSR count). The van der Waals surface area contributed by atoms with Gasteiger partial charge in [0.1, 0.15) is 4.83 Å². The number of thiophene rings is 1. The van der Waals surface area contributed by atoms with Gasteiger partial charge in [-0.3, -0.25) is 14.2 Å². The molecule has 30 heavy (non-hydrogen) atoms. The second-order valence-electron chi connectivity index (χ2n) is 7.29. The van der Waals surface area contributed by atoms with Gasteiger partial charge in [-0.05, 0) is 43.4 Å². The molecule has 2 aliphatic rings. The van der Waals surface area contributed by atoms with Crippen molar-refractivity contribution in [2.45, 2.75) is 44.3 Å². The number of hydrogen-bond donors (Lipinski definition) is 1. The Morgan fingerprint density at radius 3 is 3.03 bits per heavy atom. The van der Waals surface area contributed by atoms with Crippen molar-refractivity contribution in [3.8, 4) is 11.5 Å². The number of nitrogens with zero attached hydrogens (tertiary/aromatic N) is 2. The zero-order valence-corrected chi connectivity index (χ0v) is 18.2.